The van der Waals surface area contributed by atoms with Crippen molar-refractivity contribution in [1.82, 2.24) is 4.98 Å². The Balaban J connectivity index is 1.79. The van der Waals surface area contributed by atoms with Crippen molar-refractivity contribution in [3.05, 3.63) is 49.3 Å². The molecule has 1 aromatic heterocycles. The highest BCUT2D eigenvalue weighted by Gasteiger charge is 2.28. The first-order valence-electron chi connectivity index (χ1n) is 5.44. The van der Waals surface area contributed by atoms with Crippen LogP contribution < -0.4 is 0 Å². The van der Waals surface area contributed by atoms with Crippen LogP contribution in [0.1, 0.15) is 23.0 Å². The molecular formula is C12H7Cl3N2OS. The summed E-state index contributed by atoms with van der Waals surface area (Å²) < 4.78 is 0.406. The van der Waals surface area contributed by atoms with Crippen molar-refractivity contribution in [2.24, 2.45) is 5.16 Å². The minimum Gasteiger partial charge on any atom is -0.386 e. The van der Waals surface area contributed by atoms with Gasteiger partial charge in [0.25, 0.3) is 0 Å². The first-order valence-corrected chi connectivity index (χ1v) is 7.39. The second-order valence-electron chi connectivity index (χ2n) is 3.96. The summed E-state index contributed by atoms with van der Waals surface area (Å²) in [6, 6.07) is 7.47. The molecule has 98 valence electrons. The minimum atomic E-state index is -0.219. The molecule has 1 aromatic carbocycles. The molecule has 0 saturated heterocycles. The van der Waals surface area contributed by atoms with Gasteiger partial charge in [0.2, 0.25) is 0 Å². The fourth-order valence-corrected chi connectivity index (χ4v) is 3.40. The van der Waals surface area contributed by atoms with Crippen molar-refractivity contribution in [3.63, 3.8) is 0 Å². The van der Waals surface area contributed by atoms with Crippen molar-refractivity contribution >= 4 is 51.9 Å². The zero-order chi connectivity index (χ0) is 13.4. The quantitative estimate of drug-likeness (QED) is 0.777. The average molecular weight is 334 g/mol. The Bertz CT molecular complexity index is 639. The predicted octanol–water partition coefficient (Wildman–Crippen LogP) is 4.97. The molecule has 1 atom stereocenters. The molecule has 1 unspecified atom stereocenters. The van der Waals surface area contributed by atoms with Crippen LogP contribution in [-0.4, -0.2) is 10.7 Å². The van der Waals surface area contributed by atoms with Crippen molar-refractivity contribution < 1.29 is 4.84 Å². The van der Waals surface area contributed by atoms with Crippen molar-refractivity contribution in [2.45, 2.75) is 12.5 Å². The van der Waals surface area contributed by atoms with Crippen molar-refractivity contribution in [2.75, 3.05) is 0 Å². The summed E-state index contributed by atoms with van der Waals surface area (Å²) in [5.74, 6) is 0. The molecule has 2 heterocycles. The summed E-state index contributed by atoms with van der Waals surface area (Å²) in [5.41, 5.74) is 1.85. The van der Waals surface area contributed by atoms with E-state index in [1.807, 2.05) is 24.3 Å². The zero-order valence-electron chi connectivity index (χ0n) is 9.44. The lowest BCUT2D eigenvalue weighted by Gasteiger charge is -2.04. The van der Waals surface area contributed by atoms with Gasteiger partial charge in [-0.05, 0) is 17.7 Å². The molecule has 0 fully saturated rings. The fraction of sp³-hybridized carbons (Fsp3) is 0.167. The second kappa shape index (κ2) is 5.29. The van der Waals surface area contributed by atoms with Crippen LogP contribution in [0.4, 0.5) is 0 Å². The van der Waals surface area contributed by atoms with Crippen LogP contribution in [0.2, 0.25) is 14.6 Å². The van der Waals surface area contributed by atoms with Gasteiger partial charge >= 0.3 is 0 Å². The van der Waals surface area contributed by atoms with Gasteiger partial charge in [-0.15, -0.1) is 11.3 Å². The standard InChI is InChI=1S/C12H7Cl3N2OS/c13-7-3-1-6(2-4-7)8-5-9(18-17-8)10-11(14)16-12(15)19-10/h1-4,9H,5H2. The van der Waals surface area contributed by atoms with Crippen LogP contribution in [0.3, 0.4) is 0 Å². The summed E-state index contributed by atoms with van der Waals surface area (Å²) in [6.45, 7) is 0. The average Bonchev–Trinajstić information content (AvgIpc) is 2.97. The molecule has 19 heavy (non-hydrogen) atoms. The molecule has 0 saturated carbocycles. The summed E-state index contributed by atoms with van der Waals surface area (Å²) in [6.07, 6.45) is 0.419. The number of halogens is 3. The highest BCUT2D eigenvalue weighted by Crippen LogP contribution is 2.38. The number of hydrogen-bond acceptors (Lipinski definition) is 4. The maximum Gasteiger partial charge on any atom is 0.185 e. The Morgan fingerprint density at radius 3 is 2.53 bits per heavy atom. The molecule has 1 aliphatic rings. The third kappa shape index (κ3) is 2.72. The zero-order valence-corrected chi connectivity index (χ0v) is 12.5. The summed E-state index contributed by atoms with van der Waals surface area (Å²) >= 11 is 19.0. The predicted molar refractivity (Wildman–Crippen MR) is 78.6 cm³/mol. The van der Waals surface area contributed by atoms with E-state index in [4.69, 9.17) is 39.6 Å². The van der Waals surface area contributed by atoms with E-state index in [1.165, 1.54) is 11.3 Å². The molecule has 0 spiro atoms. The monoisotopic (exact) mass is 332 g/mol. The van der Waals surface area contributed by atoms with Gasteiger partial charge in [0.05, 0.1) is 10.6 Å². The highest BCUT2D eigenvalue weighted by molar-refractivity contribution is 7.16. The van der Waals surface area contributed by atoms with Gasteiger partial charge in [0, 0.05) is 11.4 Å². The van der Waals surface area contributed by atoms with Gasteiger partial charge in [-0.3, -0.25) is 0 Å². The maximum absolute atomic E-state index is 6.01. The number of benzene rings is 1. The molecule has 0 amide bonds. The largest absolute Gasteiger partial charge is 0.386 e. The molecule has 0 radical (unpaired) electrons. The summed E-state index contributed by atoms with van der Waals surface area (Å²) in [4.78, 5) is 10.2. The SMILES string of the molecule is Clc1ccc(C2=NOC(c3sc(Cl)nc3Cl)C2)cc1. The summed E-state index contributed by atoms with van der Waals surface area (Å²) in [7, 11) is 0. The van der Waals surface area contributed by atoms with Crippen LogP contribution in [0.5, 0.6) is 0 Å². The Morgan fingerprint density at radius 2 is 1.89 bits per heavy atom. The molecule has 0 bridgehead atoms. The molecule has 3 nitrogen and oxygen atoms in total. The topological polar surface area (TPSA) is 34.5 Å². The van der Waals surface area contributed by atoms with Crippen LogP contribution in [0, 0.1) is 0 Å². The second-order valence-corrected chi connectivity index (χ2v) is 6.37. The van der Waals surface area contributed by atoms with Gasteiger partial charge in [-0.1, -0.05) is 52.1 Å². The molecule has 0 N–H and O–H groups in total. The first-order chi connectivity index (χ1) is 9.13. The molecule has 1 aliphatic heterocycles. The lowest BCUT2D eigenvalue weighted by atomic mass is 10.0. The number of nitrogens with zero attached hydrogens (tertiary/aromatic N) is 2. The van der Waals surface area contributed by atoms with E-state index >= 15 is 0 Å². The number of aromatic nitrogens is 1. The van der Waals surface area contributed by atoms with Gasteiger partial charge in [0.15, 0.2) is 10.6 Å². The van der Waals surface area contributed by atoms with E-state index < -0.39 is 0 Å². The number of hydrogen-bond donors (Lipinski definition) is 0. The van der Waals surface area contributed by atoms with Crippen LogP contribution in [-0.2, 0) is 4.84 Å². The normalized spacial score (nSPS) is 18.3. The van der Waals surface area contributed by atoms with Crippen molar-refractivity contribution in [3.8, 4) is 0 Å². The lowest BCUT2D eigenvalue weighted by molar-refractivity contribution is 0.0882. The number of rotatable bonds is 2. The molecule has 2 aromatic rings. The Morgan fingerprint density at radius 1 is 1.16 bits per heavy atom. The molecular weight excluding hydrogens is 327 g/mol. The molecule has 3 rings (SSSR count). The van der Waals surface area contributed by atoms with Gasteiger partial charge in [-0.2, -0.15) is 0 Å². The van der Waals surface area contributed by atoms with E-state index in [0.717, 1.165) is 16.2 Å². The molecule has 7 heteroatoms. The highest BCUT2D eigenvalue weighted by atomic mass is 35.5. The smallest absolute Gasteiger partial charge is 0.185 e. The Labute approximate surface area is 128 Å². The third-order valence-corrected chi connectivity index (χ3v) is 4.63. The molecule has 0 aliphatic carbocycles. The van der Waals surface area contributed by atoms with E-state index in [0.29, 0.717) is 21.1 Å². The minimum absolute atomic E-state index is 0.219. The van der Waals surface area contributed by atoms with E-state index in [-0.39, 0.29) is 6.10 Å². The van der Waals surface area contributed by atoms with Crippen LogP contribution in [0.25, 0.3) is 0 Å². The van der Waals surface area contributed by atoms with E-state index in [9.17, 15) is 0 Å². The Kier molecular flexibility index (Phi) is 3.67. The van der Waals surface area contributed by atoms with Gasteiger partial charge in [0.1, 0.15) is 5.15 Å². The lowest BCUT2D eigenvalue weighted by Crippen LogP contribution is -2.00. The van der Waals surface area contributed by atoms with Crippen molar-refractivity contribution in [1.29, 1.82) is 0 Å². The third-order valence-electron chi connectivity index (χ3n) is 2.72. The first kappa shape index (κ1) is 13.2. The van der Waals surface area contributed by atoms with E-state index in [1.54, 1.807) is 0 Å². The van der Waals surface area contributed by atoms with Crippen LogP contribution >= 0.6 is 46.1 Å². The summed E-state index contributed by atoms with van der Waals surface area (Å²) in [5, 5.41) is 5.17. The Hall–Kier alpha value is -0.810. The fourth-order valence-electron chi connectivity index (χ4n) is 1.82. The van der Waals surface area contributed by atoms with E-state index in [2.05, 4.69) is 10.1 Å². The maximum atomic E-state index is 6.01. The van der Waals surface area contributed by atoms with Gasteiger partial charge < -0.3 is 4.84 Å². The number of oxime groups is 1. The number of thiazole rings is 1. The van der Waals surface area contributed by atoms with Gasteiger partial charge in [-0.25, -0.2) is 4.98 Å². The van der Waals surface area contributed by atoms with Crippen LogP contribution in [0.15, 0.2) is 29.4 Å².